The van der Waals surface area contributed by atoms with Gasteiger partial charge in [0.05, 0.1) is 23.2 Å². The van der Waals surface area contributed by atoms with Crippen molar-refractivity contribution in [1.82, 2.24) is 9.55 Å². The van der Waals surface area contributed by atoms with Crippen LogP contribution in [0.1, 0.15) is 18.7 Å². The summed E-state index contributed by atoms with van der Waals surface area (Å²) < 4.78 is 1.98. The Kier molecular flexibility index (Phi) is 2.84. The maximum absolute atomic E-state index is 10.0. The summed E-state index contributed by atoms with van der Waals surface area (Å²) in [4.78, 5) is 4.51. The number of rotatable bonds is 4. The number of aryl methyl sites for hydroxylation is 1. The van der Waals surface area contributed by atoms with Gasteiger partial charge in [-0.25, -0.2) is 4.98 Å². The minimum atomic E-state index is -0.715. The van der Waals surface area contributed by atoms with Gasteiger partial charge >= 0.3 is 0 Å². The zero-order valence-electron chi connectivity index (χ0n) is 10.5. The van der Waals surface area contributed by atoms with Crippen LogP contribution in [-0.2, 0) is 13.5 Å². The summed E-state index contributed by atoms with van der Waals surface area (Å²) in [6.07, 6.45) is 1.14. The van der Waals surface area contributed by atoms with Gasteiger partial charge < -0.3 is 14.8 Å². The Morgan fingerprint density at radius 3 is 2.72 bits per heavy atom. The van der Waals surface area contributed by atoms with Crippen molar-refractivity contribution in [3.8, 4) is 0 Å². The van der Waals surface area contributed by atoms with Crippen molar-refractivity contribution in [2.24, 2.45) is 13.0 Å². The number of imidazole rings is 1. The van der Waals surface area contributed by atoms with E-state index in [9.17, 15) is 10.2 Å². The van der Waals surface area contributed by atoms with Gasteiger partial charge in [0.25, 0.3) is 0 Å². The van der Waals surface area contributed by atoms with Crippen molar-refractivity contribution in [1.29, 1.82) is 0 Å². The second-order valence-electron chi connectivity index (χ2n) is 5.18. The maximum atomic E-state index is 10.0. The molecule has 3 rings (SSSR count). The molecule has 0 spiro atoms. The largest absolute Gasteiger partial charge is 0.390 e. The van der Waals surface area contributed by atoms with Crippen molar-refractivity contribution >= 4 is 11.0 Å². The van der Waals surface area contributed by atoms with Gasteiger partial charge in [-0.15, -0.1) is 0 Å². The first kappa shape index (κ1) is 11.7. The van der Waals surface area contributed by atoms with Crippen LogP contribution in [0.4, 0.5) is 0 Å². The van der Waals surface area contributed by atoms with Crippen LogP contribution in [0.15, 0.2) is 24.3 Å². The number of aliphatic hydroxyl groups is 2. The molecule has 1 heterocycles. The fourth-order valence-electron chi connectivity index (χ4n) is 2.44. The van der Waals surface area contributed by atoms with Gasteiger partial charge in [0.1, 0.15) is 5.82 Å². The highest BCUT2D eigenvalue weighted by Crippen LogP contribution is 2.34. The quantitative estimate of drug-likeness (QED) is 0.853. The molecule has 0 bridgehead atoms. The van der Waals surface area contributed by atoms with E-state index in [4.69, 9.17) is 0 Å². The van der Waals surface area contributed by atoms with Crippen molar-refractivity contribution < 1.29 is 10.2 Å². The second kappa shape index (κ2) is 4.37. The van der Waals surface area contributed by atoms with E-state index in [1.807, 2.05) is 35.9 Å². The number of nitrogens with zero attached hydrogens (tertiary/aromatic N) is 2. The summed E-state index contributed by atoms with van der Waals surface area (Å²) >= 11 is 0. The van der Waals surface area contributed by atoms with E-state index in [-0.39, 0.29) is 5.92 Å². The van der Waals surface area contributed by atoms with E-state index in [0.717, 1.165) is 29.7 Å². The normalized spacial score (nSPS) is 19.1. The molecule has 1 aromatic heterocycles. The van der Waals surface area contributed by atoms with Crippen LogP contribution < -0.4 is 0 Å². The molecule has 1 aliphatic rings. The third-order valence-corrected chi connectivity index (χ3v) is 3.77. The molecule has 2 unspecified atom stereocenters. The van der Waals surface area contributed by atoms with Gasteiger partial charge in [0.15, 0.2) is 0 Å². The fraction of sp³-hybridized carbons (Fsp3) is 0.500. The fourth-order valence-corrected chi connectivity index (χ4v) is 2.44. The van der Waals surface area contributed by atoms with Crippen molar-refractivity contribution in [3.63, 3.8) is 0 Å². The molecule has 0 radical (unpaired) electrons. The number of hydrogen-bond donors (Lipinski definition) is 2. The minimum Gasteiger partial charge on any atom is -0.390 e. The number of aromatic nitrogens is 2. The summed E-state index contributed by atoms with van der Waals surface area (Å²) in [6.45, 7) is 0. The molecule has 2 aromatic rings. The van der Waals surface area contributed by atoms with Crippen molar-refractivity contribution in [3.05, 3.63) is 30.1 Å². The number of fused-ring (bicyclic) bond motifs is 1. The molecule has 1 saturated carbocycles. The maximum Gasteiger partial charge on any atom is 0.112 e. The van der Waals surface area contributed by atoms with Crippen LogP contribution in [0.5, 0.6) is 0 Å². The standard InChI is InChI=1S/C14H18N2O2/c1-16-11-5-3-2-4-10(11)15-13(16)8-12(17)14(18)9-6-7-9/h2-5,9,12,14,17-18H,6-8H2,1H3. The topological polar surface area (TPSA) is 58.3 Å². The van der Waals surface area contributed by atoms with Crippen LogP contribution in [0.2, 0.25) is 0 Å². The first-order chi connectivity index (χ1) is 8.66. The zero-order valence-corrected chi connectivity index (χ0v) is 10.5. The minimum absolute atomic E-state index is 0.287. The Morgan fingerprint density at radius 1 is 1.33 bits per heavy atom. The predicted octanol–water partition coefficient (Wildman–Crippen LogP) is 1.25. The molecule has 1 aromatic carbocycles. The molecule has 4 heteroatoms. The Hall–Kier alpha value is -1.39. The molecule has 96 valence electrons. The summed E-state index contributed by atoms with van der Waals surface area (Å²) in [5, 5.41) is 19.9. The number of aliphatic hydroxyl groups excluding tert-OH is 2. The van der Waals surface area contributed by atoms with Gasteiger partial charge in [-0.05, 0) is 30.9 Å². The number of benzene rings is 1. The summed E-state index contributed by atoms with van der Waals surface area (Å²) in [5.74, 6) is 1.11. The van der Waals surface area contributed by atoms with Gasteiger partial charge in [-0.1, -0.05) is 12.1 Å². The van der Waals surface area contributed by atoms with Crippen LogP contribution in [0.25, 0.3) is 11.0 Å². The highest BCUT2D eigenvalue weighted by molar-refractivity contribution is 5.75. The van der Waals surface area contributed by atoms with Crippen molar-refractivity contribution in [2.45, 2.75) is 31.5 Å². The van der Waals surface area contributed by atoms with E-state index < -0.39 is 12.2 Å². The lowest BCUT2D eigenvalue weighted by atomic mass is 10.1. The van der Waals surface area contributed by atoms with E-state index >= 15 is 0 Å². The molecule has 18 heavy (non-hydrogen) atoms. The van der Waals surface area contributed by atoms with Gasteiger partial charge in [0, 0.05) is 13.5 Å². The molecular formula is C14H18N2O2. The predicted molar refractivity (Wildman–Crippen MR) is 69.2 cm³/mol. The highest BCUT2D eigenvalue weighted by Gasteiger charge is 2.34. The molecule has 0 amide bonds. The Morgan fingerprint density at radius 2 is 2.06 bits per heavy atom. The summed E-state index contributed by atoms with van der Waals surface area (Å²) in [6, 6.07) is 7.90. The molecule has 2 atom stereocenters. The molecule has 4 nitrogen and oxygen atoms in total. The smallest absolute Gasteiger partial charge is 0.112 e. The average molecular weight is 246 g/mol. The van der Waals surface area contributed by atoms with E-state index in [0.29, 0.717) is 6.42 Å². The van der Waals surface area contributed by atoms with Crippen molar-refractivity contribution in [2.75, 3.05) is 0 Å². The van der Waals surface area contributed by atoms with Crippen LogP contribution >= 0.6 is 0 Å². The average Bonchev–Trinajstić information content (AvgIpc) is 3.17. The second-order valence-corrected chi connectivity index (χ2v) is 5.18. The van der Waals surface area contributed by atoms with Gasteiger partial charge in [-0.3, -0.25) is 0 Å². The third kappa shape index (κ3) is 2.02. The highest BCUT2D eigenvalue weighted by atomic mass is 16.3. The van der Waals surface area contributed by atoms with Gasteiger partial charge in [0.2, 0.25) is 0 Å². The van der Waals surface area contributed by atoms with E-state index in [2.05, 4.69) is 4.98 Å². The zero-order chi connectivity index (χ0) is 12.7. The van der Waals surface area contributed by atoms with E-state index in [1.54, 1.807) is 0 Å². The summed E-state index contributed by atoms with van der Waals surface area (Å²) in [5.41, 5.74) is 1.99. The first-order valence-corrected chi connectivity index (χ1v) is 6.43. The Labute approximate surface area is 106 Å². The molecule has 1 aliphatic carbocycles. The molecule has 0 aliphatic heterocycles. The SMILES string of the molecule is Cn1c(CC(O)C(O)C2CC2)nc2ccccc21. The molecule has 0 saturated heterocycles. The lowest BCUT2D eigenvalue weighted by Crippen LogP contribution is -2.30. The van der Waals surface area contributed by atoms with Crippen LogP contribution in [0.3, 0.4) is 0 Å². The molecule has 1 fully saturated rings. The van der Waals surface area contributed by atoms with E-state index in [1.165, 1.54) is 0 Å². The first-order valence-electron chi connectivity index (χ1n) is 6.43. The lowest BCUT2D eigenvalue weighted by molar-refractivity contribution is 0.00541. The summed E-state index contributed by atoms with van der Waals surface area (Å²) in [7, 11) is 1.95. The number of para-hydroxylation sites is 2. The monoisotopic (exact) mass is 246 g/mol. The van der Waals surface area contributed by atoms with Gasteiger partial charge in [-0.2, -0.15) is 0 Å². The molecule has 2 N–H and O–H groups in total. The Balaban J connectivity index is 1.83. The lowest BCUT2D eigenvalue weighted by Gasteiger charge is -2.16. The molecular weight excluding hydrogens is 228 g/mol. The number of hydrogen-bond acceptors (Lipinski definition) is 3. The Bertz CT molecular complexity index is 560. The third-order valence-electron chi connectivity index (χ3n) is 3.77. The van der Waals surface area contributed by atoms with Crippen LogP contribution in [-0.4, -0.2) is 32.0 Å². The van der Waals surface area contributed by atoms with Crippen LogP contribution in [0, 0.1) is 5.92 Å².